The Bertz CT molecular complexity index is 362. The van der Waals surface area contributed by atoms with E-state index in [-0.39, 0.29) is 5.71 Å². The molecule has 1 heterocycles. The Balaban J connectivity index is 3.42. The molecule has 1 atom stereocenters. The largest absolute Gasteiger partial charge is 0.622 e. The van der Waals surface area contributed by atoms with Crippen molar-refractivity contribution in [2.45, 2.75) is 52.2 Å². The van der Waals surface area contributed by atoms with E-state index in [1.165, 1.54) is 13.8 Å². The van der Waals surface area contributed by atoms with Gasteiger partial charge in [0.05, 0.1) is 0 Å². The topological polar surface area (TPSA) is 82.1 Å². The molecule has 16 heavy (non-hydrogen) atoms. The number of hydrogen-bond donors (Lipinski definition) is 2. The van der Waals surface area contributed by atoms with Gasteiger partial charge in [0.25, 0.3) is 5.66 Å². The van der Waals surface area contributed by atoms with Crippen LogP contribution in [0.3, 0.4) is 0 Å². The summed E-state index contributed by atoms with van der Waals surface area (Å²) in [5.41, 5.74) is -1.40. The first kappa shape index (κ1) is 12.9. The SMILES string of the molecule is CCC1=[N+]([O-])C(C)(C(C)=NO)N(O)C1(C)C. The molecule has 1 rings (SSSR count). The quantitative estimate of drug-likeness (QED) is 0.246. The van der Waals surface area contributed by atoms with Gasteiger partial charge in [0.1, 0.15) is 11.3 Å². The predicted octanol–water partition coefficient (Wildman–Crippen LogP) is 1.40. The lowest BCUT2D eigenvalue weighted by atomic mass is 9.96. The van der Waals surface area contributed by atoms with Crippen molar-refractivity contribution in [2.24, 2.45) is 5.16 Å². The third-order valence-electron chi connectivity index (χ3n) is 3.46. The van der Waals surface area contributed by atoms with E-state index in [9.17, 15) is 10.4 Å². The van der Waals surface area contributed by atoms with E-state index in [4.69, 9.17) is 5.21 Å². The molecule has 0 aliphatic carbocycles. The Kier molecular flexibility index (Phi) is 3.00. The number of hydrogen-bond acceptors (Lipinski definition) is 5. The molecule has 2 N–H and O–H groups in total. The second-order valence-corrected chi connectivity index (χ2v) is 4.67. The summed E-state index contributed by atoms with van der Waals surface area (Å²) < 4.78 is 0.724. The number of nitrogens with zero attached hydrogens (tertiary/aromatic N) is 3. The monoisotopic (exact) mass is 229 g/mol. The third-order valence-corrected chi connectivity index (χ3v) is 3.46. The van der Waals surface area contributed by atoms with Crippen LogP contribution in [-0.2, 0) is 0 Å². The van der Waals surface area contributed by atoms with Crippen molar-refractivity contribution in [3.63, 3.8) is 0 Å². The number of oxime groups is 1. The van der Waals surface area contributed by atoms with E-state index in [2.05, 4.69) is 5.16 Å². The molecule has 0 saturated heterocycles. The van der Waals surface area contributed by atoms with Gasteiger partial charge in [0.15, 0.2) is 5.71 Å². The van der Waals surface area contributed by atoms with Crippen LogP contribution < -0.4 is 0 Å². The Labute approximate surface area is 95.0 Å². The van der Waals surface area contributed by atoms with Crippen LogP contribution in [0.5, 0.6) is 0 Å². The average molecular weight is 229 g/mol. The summed E-state index contributed by atoms with van der Waals surface area (Å²) in [5, 5.41) is 35.1. The van der Waals surface area contributed by atoms with Crippen LogP contribution in [0.4, 0.5) is 0 Å². The number of rotatable bonds is 2. The lowest BCUT2D eigenvalue weighted by Crippen LogP contribution is -2.57. The van der Waals surface area contributed by atoms with Crippen molar-refractivity contribution >= 4 is 11.4 Å². The van der Waals surface area contributed by atoms with Gasteiger partial charge in [-0.25, -0.2) is 0 Å². The van der Waals surface area contributed by atoms with Crippen molar-refractivity contribution in [3.05, 3.63) is 5.21 Å². The fraction of sp³-hybridized carbons (Fsp3) is 0.800. The Morgan fingerprint density at radius 3 is 2.31 bits per heavy atom. The fourth-order valence-electron chi connectivity index (χ4n) is 2.23. The molecule has 0 aromatic rings. The van der Waals surface area contributed by atoms with Crippen molar-refractivity contribution in [3.8, 4) is 0 Å². The van der Waals surface area contributed by atoms with Crippen LogP contribution in [0.15, 0.2) is 5.16 Å². The molecule has 0 spiro atoms. The van der Waals surface area contributed by atoms with E-state index in [0.717, 1.165) is 9.80 Å². The lowest BCUT2D eigenvalue weighted by Gasteiger charge is -2.32. The molecule has 92 valence electrons. The minimum Gasteiger partial charge on any atom is -0.622 e. The molecule has 0 amide bonds. The Hall–Kier alpha value is -1.14. The molecule has 0 saturated carbocycles. The summed E-state index contributed by atoms with van der Waals surface area (Å²) in [6, 6.07) is 0. The summed E-state index contributed by atoms with van der Waals surface area (Å²) in [6.45, 7) is 8.40. The van der Waals surface area contributed by atoms with Gasteiger partial charge in [-0.05, 0) is 20.8 Å². The van der Waals surface area contributed by atoms with E-state index >= 15 is 0 Å². The highest BCUT2D eigenvalue weighted by atomic mass is 16.6. The first-order valence-corrected chi connectivity index (χ1v) is 5.26. The number of hydroxylamine groups is 3. The van der Waals surface area contributed by atoms with Crippen molar-refractivity contribution < 1.29 is 15.2 Å². The average Bonchev–Trinajstić information content (AvgIpc) is 2.37. The van der Waals surface area contributed by atoms with Crippen molar-refractivity contribution in [2.75, 3.05) is 0 Å². The van der Waals surface area contributed by atoms with E-state index < -0.39 is 11.2 Å². The van der Waals surface area contributed by atoms with Crippen LogP contribution in [0.1, 0.15) is 41.0 Å². The van der Waals surface area contributed by atoms with Gasteiger partial charge in [0.2, 0.25) is 0 Å². The molecular formula is C10H19N3O3. The summed E-state index contributed by atoms with van der Waals surface area (Å²) in [4.78, 5) is 0. The molecule has 1 aliphatic heterocycles. The van der Waals surface area contributed by atoms with Gasteiger partial charge >= 0.3 is 0 Å². The Morgan fingerprint density at radius 2 is 2.00 bits per heavy atom. The van der Waals surface area contributed by atoms with Gasteiger partial charge in [-0.2, -0.15) is 4.74 Å². The first-order valence-electron chi connectivity index (χ1n) is 5.26. The molecule has 0 radical (unpaired) electrons. The van der Waals surface area contributed by atoms with E-state index in [0.29, 0.717) is 12.1 Å². The van der Waals surface area contributed by atoms with Gasteiger partial charge in [-0.1, -0.05) is 12.1 Å². The zero-order valence-electron chi connectivity index (χ0n) is 10.4. The second-order valence-electron chi connectivity index (χ2n) is 4.67. The van der Waals surface area contributed by atoms with Crippen LogP contribution in [0.2, 0.25) is 0 Å². The zero-order chi connectivity index (χ0) is 12.7. The van der Waals surface area contributed by atoms with Crippen molar-refractivity contribution in [1.29, 1.82) is 0 Å². The predicted molar refractivity (Wildman–Crippen MR) is 59.9 cm³/mol. The molecule has 0 fully saturated rings. The normalized spacial score (nSPS) is 31.2. The maximum Gasteiger partial charge on any atom is 0.290 e. The second kappa shape index (κ2) is 3.71. The summed E-state index contributed by atoms with van der Waals surface area (Å²) in [5.74, 6) is 0. The third kappa shape index (κ3) is 1.33. The molecular weight excluding hydrogens is 210 g/mol. The molecule has 0 aromatic heterocycles. The highest BCUT2D eigenvalue weighted by Gasteiger charge is 2.60. The van der Waals surface area contributed by atoms with E-state index in [1.54, 1.807) is 13.8 Å². The molecule has 1 unspecified atom stereocenters. The molecule has 6 heteroatoms. The highest BCUT2D eigenvalue weighted by Crippen LogP contribution is 2.34. The first-order chi connectivity index (χ1) is 7.24. The summed E-state index contributed by atoms with van der Waals surface area (Å²) >= 11 is 0. The van der Waals surface area contributed by atoms with Gasteiger partial charge in [-0.3, -0.25) is 0 Å². The molecule has 6 nitrogen and oxygen atoms in total. The van der Waals surface area contributed by atoms with Crippen LogP contribution >= 0.6 is 0 Å². The minimum atomic E-state index is -1.34. The smallest absolute Gasteiger partial charge is 0.290 e. The van der Waals surface area contributed by atoms with Gasteiger partial charge in [-0.15, -0.1) is 5.06 Å². The fourth-order valence-corrected chi connectivity index (χ4v) is 2.23. The summed E-state index contributed by atoms with van der Waals surface area (Å²) in [7, 11) is 0. The van der Waals surface area contributed by atoms with Gasteiger partial charge < -0.3 is 15.6 Å². The highest BCUT2D eigenvalue weighted by molar-refractivity contribution is 5.96. The lowest BCUT2D eigenvalue weighted by molar-refractivity contribution is -0.561. The van der Waals surface area contributed by atoms with Crippen LogP contribution in [0.25, 0.3) is 0 Å². The molecule has 1 aliphatic rings. The molecule has 0 bridgehead atoms. The zero-order valence-corrected chi connectivity index (χ0v) is 10.4. The van der Waals surface area contributed by atoms with Crippen LogP contribution in [-0.4, -0.2) is 42.8 Å². The molecule has 0 aromatic carbocycles. The maximum atomic E-state index is 12.2. The standard InChI is InChI=1S/C10H19N3O3/c1-6-8-9(3,4)13(16)10(5,12(8)15)7(2)11-14/h14,16H,6H2,1-5H3. The minimum absolute atomic E-state index is 0.154. The van der Waals surface area contributed by atoms with E-state index in [1.807, 2.05) is 6.92 Å². The Morgan fingerprint density at radius 1 is 1.50 bits per heavy atom. The maximum absolute atomic E-state index is 12.2. The van der Waals surface area contributed by atoms with Gasteiger partial charge in [0, 0.05) is 13.3 Å². The van der Waals surface area contributed by atoms with Crippen molar-refractivity contribution in [1.82, 2.24) is 5.06 Å². The van der Waals surface area contributed by atoms with Crippen LogP contribution in [0, 0.1) is 5.21 Å². The summed E-state index contributed by atoms with van der Waals surface area (Å²) in [6.07, 6.45) is 0.530.